The van der Waals surface area contributed by atoms with Gasteiger partial charge >= 0.3 is 0 Å². The molecule has 0 N–H and O–H groups in total. The molecule has 0 aliphatic rings. The molecule has 11 heteroatoms. The van der Waals surface area contributed by atoms with Gasteiger partial charge < -0.3 is 0 Å². The smallest absolute Gasteiger partial charge is 0.258 e. The van der Waals surface area contributed by atoms with E-state index in [2.05, 4.69) is 0 Å². The summed E-state index contributed by atoms with van der Waals surface area (Å²) in [5.74, 6) is 0. The van der Waals surface area contributed by atoms with E-state index < -0.39 is 21.5 Å². The minimum atomic E-state index is -1.16. The molecule has 0 heterocycles. The van der Waals surface area contributed by atoms with Gasteiger partial charge in [0.1, 0.15) is 5.02 Å². The Kier molecular flexibility index (Phi) is 4.53. The van der Waals surface area contributed by atoms with E-state index in [1.54, 1.807) is 0 Å². The van der Waals surface area contributed by atoms with Gasteiger partial charge in [0.05, 0.1) is 4.92 Å². The Hall–Kier alpha value is -2.49. The van der Waals surface area contributed by atoms with Gasteiger partial charge in [-0.1, -0.05) is 17.7 Å². The summed E-state index contributed by atoms with van der Waals surface area (Å²) < 4.78 is 0. The molecule has 0 radical (unpaired) electrons. The van der Waals surface area contributed by atoms with Crippen molar-refractivity contribution in [3.63, 3.8) is 0 Å². The van der Waals surface area contributed by atoms with E-state index in [-0.39, 0.29) is 22.2 Å². The third-order valence-electron chi connectivity index (χ3n) is 2.18. The summed E-state index contributed by atoms with van der Waals surface area (Å²) in [6.07, 6.45) is -0.0973. The van der Waals surface area contributed by atoms with Crippen molar-refractivity contribution in [2.45, 2.75) is 6.42 Å². The third-order valence-corrected chi connectivity index (χ3v) is 2.50. The number of nitrogens with zero attached hydrogens (tertiary/aromatic N) is 4. The maximum atomic E-state index is 10.6. The van der Waals surface area contributed by atoms with E-state index in [1.165, 1.54) is 12.1 Å². The van der Waals surface area contributed by atoms with Crippen LogP contribution in [0.2, 0.25) is 5.02 Å². The SMILES string of the molecule is O=[N+]([O-])c1cc(CCN([N+](=O)[O-])[N+](=O)[O-])ccc1Cl. The molecule has 10 nitrogen and oxygen atoms in total. The van der Waals surface area contributed by atoms with E-state index in [0.717, 1.165) is 6.07 Å². The zero-order valence-electron chi connectivity index (χ0n) is 9.26. The van der Waals surface area contributed by atoms with Crippen molar-refractivity contribution in [2.24, 2.45) is 0 Å². The molecule has 0 spiro atoms. The molecule has 0 atom stereocenters. The first-order valence-electron chi connectivity index (χ1n) is 4.82. The van der Waals surface area contributed by atoms with Crippen LogP contribution in [0.3, 0.4) is 0 Å². The molecule has 1 aromatic carbocycles. The molecule has 0 saturated carbocycles. The highest BCUT2D eigenvalue weighted by Crippen LogP contribution is 2.25. The summed E-state index contributed by atoms with van der Waals surface area (Å²) in [5.41, 5.74) is -0.0160. The number of nitro groups is 3. The zero-order chi connectivity index (χ0) is 14.6. The van der Waals surface area contributed by atoms with Gasteiger partial charge in [-0.15, -0.1) is 0 Å². The van der Waals surface area contributed by atoms with Crippen molar-refractivity contribution >= 4 is 17.3 Å². The van der Waals surface area contributed by atoms with Crippen molar-refractivity contribution in [2.75, 3.05) is 6.54 Å². The number of rotatable bonds is 6. The molecule has 0 unspecified atom stereocenters. The van der Waals surface area contributed by atoms with Crippen molar-refractivity contribution in [1.82, 2.24) is 5.12 Å². The first-order valence-corrected chi connectivity index (χ1v) is 5.19. The molecule has 0 saturated heterocycles. The van der Waals surface area contributed by atoms with Crippen LogP contribution < -0.4 is 0 Å². The van der Waals surface area contributed by atoms with Crippen LogP contribution in [-0.4, -0.2) is 26.7 Å². The van der Waals surface area contributed by atoms with Gasteiger partial charge in [0.15, 0.2) is 11.7 Å². The number of hydrogen-bond acceptors (Lipinski definition) is 6. The van der Waals surface area contributed by atoms with Crippen LogP contribution in [-0.2, 0) is 6.42 Å². The van der Waals surface area contributed by atoms with Crippen LogP contribution in [0.25, 0.3) is 0 Å². The first-order chi connectivity index (χ1) is 8.82. The lowest BCUT2D eigenvalue weighted by Gasteiger charge is -2.04. The van der Waals surface area contributed by atoms with Crippen molar-refractivity contribution in [3.8, 4) is 0 Å². The molecule has 0 aliphatic carbocycles. The third kappa shape index (κ3) is 3.74. The van der Waals surface area contributed by atoms with E-state index in [1.807, 2.05) is 0 Å². The van der Waals surface area contributed by atoms with E-state index in [0.29, 0.717) is 5.56 Å². The molecular weight excluding hydrogens is 284 g/mol. The van der Waals surface area contributed by atoms with Crippen molar-refractivity contribution in [1.29, 1.82) is 0 Å². The molecule has 19 heavy (non-hydrogen) atoms. The molecule has 0 bridgehead atoms. The Bertz CT molecular complexity index is 522. The first kappa shape index (κ1) is 14.6. The number of hydrazine groups is 2. The summed E-state index contributed by atoms with van der Waals surface area (Å²) in [6.45, 7) is -0.515. The number of benzene rings is 1. The van der Waals surface area contributed by atoms with Crippen LogP contribution >= 0.6 is 11.6 Å². The normalized spacial score (nSPS) is 9.95. The van der Waals surface area contributed by atoms with Gasteiger partial charge in [0.25, 0.3) is 5.69 Å². The molecule has 0 aromatic heterocycles. The summed E-state index contributed by atoms with van der Waals surface area (Å²) in [4.78, 5) is 30.6. The van der Waals surface area contributed by atoms with Crippen LogP contribution in [0.15, 0.2) is 18.2 Å². The molecule has 0 amide bonds. The summed E-state index contributed by atoms with van der Waals surface area (Å²) in [6, 6.07) is 3.80. The molecule has 102 valence electrons. The maximum Gasteiger partial charge on any atom is 0.288 e. The highest BCUT2D eigenvalue weighted by Gasteiger charge is 2.26. The Morgan fingerprint density at radius 3 is 2.16 bits per heavy atom. The van der Waals surface area contributed by atoms with Crippen molar-refractivity contribution in [3.05, 3.63) is 59.1 Å². The minimum absolute atomic E-state index is 0.0749. The highest BCUT2D eigenvalue weighted by atomic mass is 35.5. The van der Waals surface area contributed by atoms with Gasteiger partial charge in [0.2, 0.25) is 10.1 Å². The topological polar surface area (TPSA) is 133 Å². The van der Waals surface area contributed by atoms with Gasteiger partial charge in [-0.05, 0) is 11.6 Å². The fourth-order valence-corrected chi connectivity index (χ4v) is 1.49. The second-order valence-electron chi connectivity index (χ2n) is 3.36. The lowest BCUT2D eigenvalue weighted by atomic mass is 10.1. The standard InChI is InChI=1S/C8H7ClN4O6/c9-7-2-1-6(5-8(7)11(14)15)3-4-10(12(16)17)13(18)19/h1-2,5H,3-4H2. The number of nitro benzene ring substituents is 1. The van der Waals surface area contributed by atoms with Crippen LogP contribution in [0.5, 0.6) is 0 Å². The number of halogens is 1. The predicted molar refractivity (Wildman–Crippen MR) is 62.5 cm³/mol. The minimum Gasteiger partial charge on any atom is -0.258 e. The Balaban J connectivity index is 2.83. The predicted octanol–water partition coefficient (Wildman–Crippen LogP) is 1.48. The number of hydrogen-bond donors (Lipinski definition) is 0. The molecular formula is C8H7ClN4O6. The van der Waals surface area contributed by atoms with Crippen LogP contribution in [0.1, 0.15) is 5.56 Å². The molecule has 1 rings (SSSR count). The maximum absolute atomic E-state index is 10.6. The van der Waals surface area contributed by atoms with Gasteiger partial charge in [-0.2, -0.15) is 0 Å². The Morgan fingerprint density at radius 2 is 1.68 bits per heavy atom. The van der Waals surface area contributed by atoms with E-state index in [4.69, 9.17) is 11.6 Å². The van der Waals surface area contributed by atoms with Gasteiger partial charge in [0, 0.05) is 12.5 Å². The largest absolute Gasteiger partial charge is 0.288 e. The van der Waals surface area contributed by atoms with E-state index in [9.17, 15) is 30.3 Å². The lowest BCUT2D eigenvalue weighted by Crippen LogP contribution is -2.37. The summed E-state index contributed by atoms with van der Waals surface area (Å²) in [5, 5.41) is 28.7. The lowest BCUT2D eigenvalue weighted by molar-refractivity contribution is -0.907. The average Bonchev–Trinajstić information content (AvgIpc) is 2.30. The van der Waals surface area contributed by atoms with Crippen LogP contribution in [0.4, 0.5) is 5.69 Å². The molecule has 1 aromatic rings. The van der Waals surface area contributed by atoms with Gasteiger partial charge in [-0.25, -0.2) is 20.2 Å². The average molecular weight is 291 g/mol. The summed E-state index contributed by atoms with van der Waals surface area (Å²) in [7, 11) is 0. The second-order valence-corrected chi connectivity index (χ2v) is 3.77. The monoisotopic (exact) mass is 290 g/mol. The Morgan fingerprint density at radius 1 is 1.11 bits per heavy atom. The quantitative estimate of drug-likeness (QED) is 0.572. The molecule has 0 aliphatic heterocycles. The zero-order valence-corrected chi connectivity index (χ0v) is 10.0. The second kappa shape index (κ2) is 5.91. The van der Waals surface area contributed by atoms with Gasteiger partial charge in [-0.3, -0.25) is 10.1 Å². The molecule has 0 fully saturated rings. The fourth-order valence-electron chi connectivity index (χ4n) is 1.31. The summed E-state index contributed by atoms with van der Waals surface area (Å²) >= 11 is 5.59. The van der Waals surface area contributed by atoms with Crippen LogP contribution in [0, 0.1) is 30.3 Å². The highest BCUT2D eigenvalue weighted by molar-refractivity contribution is 6.32. The fraction of sp³-hybridized carbons (Fsp3) is 0.250. The van der Waals surface area contributed by atoms with Crippen molar-refractivity contribution < 1.29 is 15.0 Å². The Labute approximate surface area is 110 Å². The van der Waals surface area contributed by atoms with E-state index >= 15 is 0 Å².